The third kappa shape index (κ3) is 3.35. The lowest BCUT2D eigenvalue weighted by molar-refractivity contribution is -0.119. The van der Waals surface area contributed by atoms with Gasteiger partial charge in [-0.3, -0.25) is 9.59 Å². The van der Waals surface area contributed by atoms with Crippen LogP contribution in [0.25, 0.3) is 0 Å². The highest BCUT2D eigenvalue weighted by atomic mass is 16.2. The summed E-state index contributed by atoms with van der Waals surface area (Å²) in [6, 6.07) is 9.38. The van der Waals surface area contributed by atoms with Crippen LogP contribution < -0.4 is 10.2 Å². The molecule has 1 N–H and O–H groups in total. The molecule has 0 aliphatic carbocycles. The lowest BCUT2D eigenvalue weighted by Crippen LogP contribution is -2.38. The standard InChI is InChI=1S/C15H17N3O2/c16-8-4-9-17-15(20)11-18-10-3-7-14(19)12-5-1-2-6-13(12)18/h1-2,5-6H,3-4,7,9-11H2,(H,17,20). The molecule has 5 heteroatoms. The fraction of sp³-hybridized carbons (Fsp3) is 0.400. The molecule has 0 atom stereocenters. The van der Waals surface area contributed by atoms with Crippen molar-refractivity contribution in [2.45, 2.75) is 19.3 Å². The van der Waals surface area contributed by atoms with E-state index in [1.54, 1.807) is 0 Å². The number of carbonyl (C=O) groups excluding carboxylic acids is 2. The molecule has 1 aliphatic heterocycles. The van der Waals surface area contributed by atoms with E-state index in [1.165, 1.54) is 0 Å². The van der Waals surface area contributed by atoms with Crippen LogP contribution >= 0.6 is 0 Å². The monoisotopic (exact) mass is 271 g/mol. The van der Waals surface area contributed by atoms with E-state index in [4.69, 9.17) is 5.26 Å². The van der Waals surface area contributed by atoms with Crippen LogP contribution in [0.5, 0.6) is 0 Å². The molecule has 0 fully saturated rings. The number of ketones is 1. The molecule has 20 heavy (non-hydrogen) atoms. The largest absolute Gasteiger partial charge is 0.362 e. The van der Waals surface area contributed by atoms with Gasteiger partial charge in [0.25, 0.3) is 0 Å². The van der Waals surface area contributed by atoms with Crippen LogP contribution in [0.2, 0.25) is 0 Å². The first kappa shape index (κ1) is 14.1. The normalized spacial score (nSPS) is 14.2. The summed E-state index contributed by atoms with van der Waals surface area (Å²) in [6.07, 6.45) is 1.57. The summed E-state index contributed by atoms with van der Waals surface area (Å²) >= 11 is 0. The van der Waals surface area contributed by atoms with E-state index >= 15 is 0 Å². The summed E-state index contributed by atoms with van der Waals surface area (Å²) in [5.74, 6) is 0.0115. The van der Waals surface area contributed by atoms with E-state index < -0.39 is 0 Å². The number of hydrogen-bond acceptors (Lipinski definition) is 4. The van der Waals surface area contributed by atoms with Crippen LogP contribution in [0.1, 0.15) is 29.6 Å². The molecule has 104 valence electrons. The van der Waals surface area contributed by atoms with Crippen molar-refractivity contribution in [3.63, 3.8) is 0 Å². The van der Waals surface area contributed by atoms with Gasteiger partial charge in [-0.1, -0.05) is 12.1 Å². The SMILES string of the molecule is N#CCCNC(=O)CN1CCCC(=O)c2ccccc21. The third-order valence-electron chi connectivity index (χ3n) is 3.27. The van der Waals surface area contributed by atoms with Crippen LogP contribution in [0.4, 0.5) is 5.69 Å². The van der Waals surface area contributed by atoms with Crippen LogP contribution in [0.3, 0.4) is 0 Å². The number of hydrogen-bond donors (Lipinski definition) is 1. The van der Waals surface area contributed by atoms with Crippen LogP contribution in [0.15, 0.2) is 24.3 Å². The van der Waals surface area contributed by atoms with Gasteiger partial charge < -0.3 is 10.2 Å². The number of carbonyl (C=O) groups is 2. The predicted octanol–water partition coefficient (Wildman–Crippen LogP) is 1.50. The van der Waals surface area contributed by atoms with Gasteiger partial charge in [0.2, 0.25) is 5.91 Å². The van der Waals surface area contributed by atoms with Gasteiger partial charge in [0.15, 0.2) is 5.78 Å². The number of para-hydroxylation sites is 1. The number of nitrogens with one attached hydrogen (secondary N) is 1. The minimum absolute atomic E-state index is 0.121. The minimum Gasteiger partial charge on any atom is -0.362 e. The number of amides is 1. The van der Waals surface area contributed by atoms with E-state index in [9.17, 15) is 9.59 Å². The maximum atomic E-state index is 12.0. The van der Waals surface area contributed by atoms with Crippen molar-refractivity contribution in [2.75, 3.05) is 24.5 Å². The summed E-state index contributed by atoms with van der Waals surface area (Å²) in [6.45, 7) is 1.27. The number of nitrogens with zero attached hydrogens (tertiary/aromatic N) is 2. The number of fused-ring (bicyclic) bond motifs is 1. The molecule has 0 unspecified atom stereocenters. The van der Waals surface area contributed by atoms with Gasteiger partial charge in [-0.05, 0) is 18.6 Å². The molecule has 2 rings (SSSR count). The predicted molar refractivity (Wildman–Crippen MR) is 75.5 cm³/mol. The van der Waals surface area contributed by atoms with E-state index in [0.717, 1.165) is 12.1 Å². The molecule has 1 amide bonds. The van der Waals surface area contributed by atoms with Crippen molar-refractivity contribution < 1.29 is 9.59 Å². The zero-order valence-electron chi connectivity index (χ0n) is 11.3. The summed E-state index contributed by atoms with van der Waals surface area (Å²) in [5.41, 5.74) is 1.51. The van der Waals surface area contributed by atoms with Gasteiger partial charge in [0.05, 0.1) is 19.0 Å². The summed E-state index contributed by atoms with van der Waals surface area (Å²) in [5, 5.41) is 11.2. The zero-order valence-corrected chi connectivity index (χ0v) is 11.3. The van der Waals surface area contributed by atoms with Gasteiger partial charge in [-0.15, -0.1) is 0 Å². The fourth-order valence-corrected chi connectivity index (χ4v) is 2.32. The average Bonchev–Trinajstić information content (AvgIpc) is 2.60. The molecule has 1 aliphatic rings. The summed E-state index contributed by atoms with van der Waals surface area (Å²) < 4.78 is 0. The van der Waals surface area contributed by atoms with Gasteiger partial charge in [0, 0.05) is 30.8 Å². The Labute approximate surface area is 118 Å². The van der Waals surface area contributed by atoms with E-state index in [1.807, 2.05) is 35.2 Å². The second kappa shape index (κ2) is 6.71. The Kier molecular flexibility index (Phi) is 4.72. The van der Waals surface area contributed by atoms with Gasteiger partial charge in [-0.25, -0.2) is 0 Å². The highest BCUT2D eigenvalue weighted by Gasteiger charge is 2.21. The van der Waals surface area contributed by atoms with Gasteiger partial charge in [0.1, 0.15) is 0 Å². The number of rotatable bonds is 4. The van der Waals surface area contributed by atoms with E-state index in [2.05, 4.69) is 5.32 Å². The Morgan fingerprint density at radius 2 is 2.20 bits per heavy atom. The average molecular weight is 271 g/mol. The Balaban J connectivity index is 2.08. The molecule has 1 aromatic carbocycles. The second-order valence-electron chi connectivity index (χ2n) is 4.72. The van der Waals surface area contributed by atoms with Crippen molar-refractivity contribution in [3.05, 3.63) is 29.8 Å². The lowest BCUT2D eigenvalue weighted by atomic mass is 10.1. The molecule has 1 aromatic rings. The Hall–Kier alpha value is -2.35. The molecule has 0 spiro atoms. The smallest absolute Gasteiger partial charge is 0.239 e. The van der Waals surface area contributed by atoms with Crippen LogP contribution in [0, 0.1) is 11.3 Å². The molecule has 0 saturated carbocycles. The van der Waals surface area contributed by atoms with E-state index in [0.29, 0.717) is 31.5 Å². The molecular formula is C15H17N3O2. The van der Waals surface area contributed by atoms with Crippen molar-refractivity contribution >= 4 is 17.4 Å². The molecule has 0 radical (unpaired) electrons. The second-order valence-corrected chi connectivity index (χ2v) is 4.72. The first-order chi connectivity index (χ1) is 9.72. The zero-order chi connectivity index (χ0) is 14.4. The molecule has 5 nitrogen and oxygen atoms in total. The first-order valence-electron chi connectivity index (χ1n) is 6.73. The Morgan fingerprint density at radius 1 is 1.40 bits per heavy atom. The van der Waals surface area contributed by atoms with Crippen molar-refractivity contribution in [1.82, 2.24) is 5.32 Å². The molecule has 1 heterocycles. The maximum Gasteiger partial charge on any atom is 0.239 e. The number of anilines is 1. The summed E-state index contributed by atoms with van der Waals surface area (Å²) in [4.78, 5) is 25.8. The highest BCUT2D eigenvalue weighted by molar-refractivity contribution is 6.02. The first-order valence-corrected chi connectivity index (χ1v) is 6.73. The highest BCUT2D eigenvalue weighted by Crippen LogP contribution is 2.25. The molecular weight excluding hydrogens is 254 g/mol. The molecule has 0 aromatic heterocycles. The molecule has 0 saturated heterocycles. The lowest BCUT2D eigenvalue weighted by Gasteiger charge is -2.23. The Morgan fingerprint density at radius 3 is 3.00 bits per heavy atom. The van der Waals surface area contributed by atoms with Gasteiger partial charge >= 0.3 is 0 Å². The minimum atomic E-state index is -0.121. The van der Waals surface area contributed by atoms with Crippen LogP contribution in [-0.4, -0.2) is 31.3 Å². The van der Waals surface area contributed by atoms with Crippen molar-refractivity contribution in [2.24, 2.45) is 0 Å². The Bertz CT molecular complexity index is 548. The quantitative estimate of drug-likeness (QED) is 0.842. The van der Waals surface area contributed by atoms with Crippen LogP contribution in [-0.2, 0) is 4.79 Å². The maximum absolute atomic E-state index is 12.0. The van der Waals surface area contributed by atoms with Crippen molar-refractivity contribution in [1.29, 1.82) is 5.26 Å². The summed E-state index contributed by atoms with van der Waals surface area (Å²) in [7, 11) is 0. The molecule has 0 bridgehead atoms. The fourth-order valence-electron chi connectivity index (χ4n) is 2.32. The number of nitriles is 1. The number of benzene rings is 1. The third-order valence-corrected chi connectivity index (χ3v) is 3.27. The topological polar surface area (TPSA) is 73.2 Å². The van der Waals surface area contributed by atoms with E-state index in [-0.39, 0.29) is 18.2 Å². The van der Waals surface area contributed by atoms with Gasteiger partial charge in [-0.2, -0.15) is 5.26 Å². The number of Topliss-reactive ketones (excluding diaryl/α,β-unsaturated/α-hetero) is 1. The van der Waals surface area contributed by atoms with Crippen molar-refractivity contribution in [3.8, 4) is 6.07 Å².